The Morgan fingerprint density at radius 2 is 1.95 bits per heavy atom. The first kappa shape index (κ1) is 14.9. The van der Waals surface area contributed by atoms with Gasteiger partial charge in [0.15, 0.2) is 0 Å². The van der Waals surface area contributed by atoms with Crippen molar-refractivity contribution in [2.24, 2.45) is 17.6 Å². The lowest BCUT2D eigenvalue weighted by Gasteiger charge is -2.36. The first-order valence-corrected chi connectivity index (χ1v) is 8.04. The zero-order valence-corrected chi connectivity index (χ0v) is 13.8. The van der Waals surface area contributed by atoms with Gasteiger partial charge >= 0.3 is 0 Å². The maximum Gasteiger partial charge on any atom is 0.0377 e. The summed E-state index contributed by atoms with van der Waals surface area (Å²) in [6.07, 6.45) is 2.27. The van der Waals surface area contributed by atoms with Crippen molar-refractivity contribution >= 4 is 21.6 Å². The van der Waals surface area contributed by atoms with E-state index >= 15 is 0 Å². The molecule has 106 valence electrons. The highest BCUT2D eigenvalue weighted by molar-refractivity contribution is 9.10. The SMILES string of the molecule is CC(N)Cc1ccc(N2CC(C)CC(C)C2)cc1Br. The summed E-state index contributed by atoms with van der Waals surface area (Å²) in [6, 6.07) is 6.92. The van der Waals surface area contributed by atoms with Gasteiger partial charge in [-0.25, -0.2) is 0 Å². The number of benzene rings is 1. The van der Waals surface area contributed by atoms with Gasteiger partial charge < -0.3 is 10.6 Å². The molecule has 0 aliphatic carbocycles. The van der Waals surface area contributed by atoms with E-state index in [0.717, 1.165) is 18.3 Å². The van der Waals surface area contributed by atoms with Gasteiger partial charge in [-0.1, -0.05) is 35.8 Å². The van der Waals surface area contributed by atoms with Crippen LogP contribution in [0.15, 0.2) is 22.7 Å². The topological polar surface area (TPSA) is 29.3 Å². The van der Waals surface area contributed by atoms with Crippen LogP contribution in [0.2, 0.25) is 0 Å². The monoisotopic (exact) mass is 324 g/mol. The molecule has 1 aliphatic heterocycles. The molecule has 3 atom stereocenters. The lowest BCUT2D eigenvalue weighted by molar-refractivity contribution is 0.357. The van der Waals surface area contributed by atoms with E-state index < -0.39 is 0 Å². The summed E-state index contributed by atoms with van der Waals surface area (Å²) in [5.74, 6) is 1.57. The third kappa shape index (κ3) is 3.96. The van der Waals surface area contributed by atoms with Crippen molar-refractivity contribution in [2.75, 3.05) is 18.0 Å². The molecule has 1 aromatic rings. The fraction of sp³-hybridized carbons (Fsp3) is 0.625. The lowest BCUT2D eigenvalue weighted by Crippen LogP contribution is -2.38. The average Bonchev–Trinajstić information content (AvgIpc) is 2.30. The van der Waals surface area contributed by atoms with Gasteiger partial charge in [0.1, 0.15) is 0 Å². The van der Waals surface area contributed by atoms with Gasteiger partial charge in [0.2, 0.25) is 0 Å². The summed E-state index contributed by atoms with van der Waals surface area (Å²) >= 11 is 3.69. The van der Waals surface area contributed by atoms with Crippen molar-refractivity contribution in [1.29, 1.82) is 0 Å². The van der Waals surface area contributed by atoms with Crippen molar-refractivity contribution in [3.05, 3.63) is 28.2 Å². The Bertz CT molecular complexity index is 421. The van der Waals surface area contributed by atoms with Crippen LogP contribution in [-0.4, -0.2) is 19.1 Å². The van der Waals surface area contributed by atoms with Crippen LogP contribution < -0.4 is 10.6 Å². The summed E-state index contributed by atoms with van der Waals surface area (Å²) in [5.41, 5.74) is 8.51. The molecular weight excluding hydrogens is 300 g/mol. The highest BCUT2D eigenvalue weighted by Crippen LogP contribution is 2.30. The Labute approximate surface area is 125 Å². The minimum absolute atomic E-state index is 0.206. The average molecular weight is 325 g/mol. The highest BCUT2D eigenvalue weighted by atomic mass is 79.9. The number of piperidine rings is 1. The molecule has 1 fully saturated rings. The standard InChI is InChI=1S/C16H25BrN2/c1-11-6-12(2)10-19(9-11)15-5-4-14(7-13(3)18)16(17)8-15/h4-5,8,11-13H,6-7,9-10,18H2,1-3H3. The van der Waals surface area contributed by atoms with Gasteiger partial charge in [0.05, 0.1) is 0 Å². The molecule has 0 bridgehead atoms. The highest BCUT2D eigenvalue weighted by Gasteiger charge is 2.22. The van der Waals surface area contributed by atoms with Gasteiger partial charge in [0.25, 0.3) is 0 Å². The van der Waals surface area contributed by atoms with Crippen molar-refractivity contribution in [1.82, 2.24) is 0 Å². The Morgan fingerprint density at radius 3 is 2.47 bits per heavy atom. The molecule has 2 rings (SSSR count). The van der Waals surface area contributed by atoms with Crippen molar-refractivity contribution in [3.8, 4) is 0 Å². The smallest absolute Gasteiger partial charge is 0.0377 e. The second kappa shape index (κ2) is 6.27. The van der Waals surface area contributed by atoms with Gasteiger partial charge in [-0.3, -0.25) is 0 Å². The second-order valence-corrected chi connectivity index (χ2v) is 7.16. The zero-order chi connectivity index (χ0) is 14.0. The lowest BCUT2D eigenvalue weighted by atomic mass is 9.91. The van der Waals surface area contributed by atoms with E-state index in [-0.39, 0.29) is 6.04 Å². The number of hydrogen-bond acceptors (Lipinski definition) is 2. The Hall–Kier alpha value is -0.540. The molecule has 1 heterocycles. The van der Waals surface area contributed by atoms with E-state index in [1.54, 1.807) is 0 Å². The number of anilines is 1. The Morgan fingerprint density at radius 1 is 1.32 bits per heavy atom. The van der Waals surface area contributed by atoms with Crippen LogP contribution in [0.1, 0.15) is 32.8 Å². The van der Waals surface area contributed by atoms with Crippen LogP contribution in [0.4, 0.5) is 5.69 Å². The molecule has 0 spiro atoms. The molecule has 1 aromatic carbocycles. The predicted octanol–water partition coefficient (Wildman–Crippen LogP) is 3.82. The molecule has 0 aromatic heterocycles. The van der Waals surface area contributed by atoms with Crippen LogP contribution in [0.25, 0.3) is 0 Å². The van der Waals surface area contributed by atoms with Crippen LogP contribution >= 0.6 is 15.9 Å². The number of nitrogens with zero attached hydrogens (tertiary/aromatic N) is 1. The van der Waals surface area contributed by atoms with E-state index in [4.69, 9.17) is 5.73 Å². The summed E-state index contributed by atoms with van der Waals surface area (Å²) in [6.45, 7) is 9.09. The summed E-state index contributed by atoms with van der Waals surface area (Å²) in [5, 5.41) is 0. The maximum absolute atomic E-state index is 5.88. The minimum atomic E-state index is 0.206. The molecule has 0 radical (unpaired) electrons. The third-order valence-electron chi connectivity index (χ3n) is 3.81. The molecule has 1 saturated heterocycles. The fourth-order valence-electron chi connectivity index (χ4n) is 3.12. The summed E-state index contributed by atoms with van der Waals surface area (Å²) in [7, 11) is 0. The van der Waals surface area contributed by atoms with Crippen LogP contribution in [0.5, 0.6) is 0 Å². The zero-order valence-electron chi connectivity index (χ0n) is 12.2. The predicted molar refractivity (Wildman–Crippen MR) is 86.7 cm³/mol. The number of nitrogens with two attached hydrogens (primary N) is 1. The Balaban J connectivity index is 2.15. The summed E-state index contributed by atoms with van der Waals surface area (Å²) < 4.78 is 1.19. The van der Waals surface area contributed by atoms with E-state index in [1.165, 1.54) is 35.2 Å². The van der Waals surface area contributed by atoms with Crippen LogP contribution in [-0.2, 0) is 6.42 Å². The van der Waals surface area contributed by atoms with Crippen LogP contribution in [0.3, 0.4) is 0 Å². The molecule has 3 unspecified atom stereocenters. The normalized spacial score (nSPS) is 25.4. The third-order valence-corrected chi connectivity index (χ3v) is 4.55. The molecule has 19 heavy (non-hydrogen) atoms. The van der Waals surface area contributed by atoms with E-state index in [1.807, 2.05) is 6.92 Å². The first-order valence-electron chi connectivity index (χ1n) is 7.24. The van der Waals surface area contributed by atoms with Crippen molar-refractivity contribution < 1.29 is 0 Å². The van der Waals surface area contributed by atoms with E-state index in [0.29, 0.717) is 0 Å². The molecule has 0 saturated carbocycles. The largest absolute Gasteiger partial charge is 0.371 e. The number of hydrogen-bond donors (Lipinski definition) is 1. The van der Waals surface area contributed by atoms with Gasteiger partial charge in [0, 0.05) is 29.3 Å². The molecule has 0 amide bonds. The molecule has 1 aliphatic rings. The van der Waals surface area contributed by atoms with E-state index in [2.05, 4.69) is 52.9 Å². The Kier molecular flexibility index (Phi) is 4.91. The molecule has 2 N–H and O–H groups in total. The van der Waals surface area contributed by atoms with Gasteiger partial charge in [-0.2, -0.15) is 0 Å². The molecular formula is C16H25BrN2. The first-order chi connectivity index (χ1) is 8.95. The molecule has 3 heteroatoms. The van der Waals surface area contributed by atoms with Gasteiger partial charge in [-0.15, -0.1) is 0 Å². The van der Waals surface area contributed by atoms with Crippen LogP contribution in [0, 0.1) is 11.8 Å². The van der Waals surface area contributed by atoms with E-state index in [9.17, 15) is 0 Å². The van der Waals surface area contributed by atoms with Crippen molar-refractivity contribution in [2.45, 2.75) is 39.7 Å². The number of halogens is 1. The fourth-order valence-corrected chi connectivity index (χ4v) is 3.65. The second-order valence-electron chi connectivity index (χ2n) is 6.31. The number of rotatable bonds is 3. The maximum atomic E-state index is 5.88. The van der Waals surface area contributed by atoms with Gasteiger partial charge in [-0.05, 0) is 49.3 Å². The molecule has 2 nitrogen and oxygen atoms in total. The quantitative estimate of drug-likeness (QED) is 0.915. The summed E-state index contributed by atoms with van der Waals surface area (Å²) in [4.78, 5) is 2.51. The van der Waals surface area contributed by atoms with Crippen molar-refractivity contribution in [3.63, 3.8) is 0 Å². The minimum Gasteiger partial charge on any atom is -0.371 e.